The molecule has 2 saturated carbocycles. The normalized spacial score (nSPS) is 19.0. The Morgan fingerprint density at radius 1 is 1.32 bits per heavy atom. The van der Waals surface area contributed by atoms with Crippen molar-refractivity contribution in [2.75, 3.05) is 0 Å². The lowest BCUT2D eigenvalue weighted by molar-refractivity contribution is 0.627. The van der Waals surface area contributed by atoms with Gasteiger partial charge in [-0.05, 0) is 47.7 Å². The molecule has 0 unspecified atom stereocenters. The van der Waals surface area contributed by atoms with Crippen LogP contribution < -0.4 is 0 Å². The lowest BCUT2D eigenvalue weighted by Gasteiger charge is -2.07. The molecule has 0 atom stereocenters. The van der Waals surface area contributed by atoms with Gasteiger partial charge in [0, 0.05) is 32.4 Å². The third kappa shape index (κ3) is 2.62. The smallest absolute Gasteiger partial charge is 0.191 e. The number of thioether (sulfide) groups is 1. The van der Waals surface area contributed by atoms with E-state index in [1.807, 2.05) is 11.8 Å². The fourth-order valence-electron chi connectivity index (χ4n) is 2.25. The number of nitrogens with zero attached hydrogens (tertiary/aromatic N) is 3. The van der Waals surface area contributed by atoms with Crippen molar-refractivity contribution in [1.29, 1.82) is 0 Å². The largest absolute Gasteiger partial charge is 0.303 e. The number of thiophene rings is 1. The van der Waals surface area contributed by atoms with Crippen LogP contribution >= 0.6 is 39.0 Å². The first-order chi connectivity index (χ1) is 9.31. The van der Waals surface area contributed by atoms with Gasteiger partial charge in [0.25, 0.3) is 0 Å². The van der Waals surface area contributed by atoms with Crippen LogP contribution in [-0.2, 0) is 5.75 Å². The van der Waals surface area contributed by atoms with E-state index in [0.717, 1.165) is 10.9 Å². The van der Waals surface area contributed by atoms with Crippen molar-refractivity contribution < 1.29 is 0 Å². The molecule has 2 aromatic heterocycles. The minimum atomic E-state index is 0.683. The summed E-state index contributed by atoms with van der Waals surface area (Å²) in [4.78, 5) is 1.38. The average molecular weight is 356 g/mol. The first-order valence-electron chi connectivity index (χ1n) is 6.62. The zero-order valence-corrected chi connectivity index (χ0v) is 13.6. The molecule has 0 bridgehead atoms. The molecule has 2 heterocycles. The molecule has 0 radical (unpaired) electrons. The van der Waals surface area contributed by atoms with Gasteiger partial charge in [-0.3, -0.25) is 0 Å². The Balaban J connectivity index is 1.53. The van der Waals surface area contributed by atoms with Gasteiger partial charge in [0.2, 0.25) is 0 Å². The van der Waals surface area contributed by atoms with E-state index in [4.69, 9.17) is 0 Å². The minimum Gasteiger partial charge on any atom is -0.303 e. The molecular formula is C13H14BrN3S2. The maximum Gasteiger partial charge on any atom is 0.191 e. The highest BCUT2D eigenvalue weighted by Crippen LogP contribution is 2.46. The lowest BCUT2D eigenvalue weighted by atomic mass is 10.4. The molecule has 2 aromatic rings. The van der Waals surface area contributed by atoms with Crippen LogP contribution in [0.1, 0.15) is 48.3 Å². The Kier molecular flexibility index (Phi) is 3.20. The summed E-state index contributed by atoms with van der Waals surface area (Å²) in [6.07, 6.45) is 5.20. The van der Waals surface area contributed by atoms with Crippen LogP contribution in [0.2, 0.25) is 0 Å². The minimum absolute atomic E-state index is 0.683. The van der Waals surface area contributed by atoms with Gasteiger partial charge in [0.15, 0.2) is 5.16 Å². The van der Waals surface area contributed by atoms with Crippen molar-refractivity contribution >= 4 is 39.0 Å². The lowest BCUT2D eigenvalue weighted by Crippen LogP contribution is -2.01. The second kappa shape index (κ2) is 4.90. The van der Waals surface area contributed by atoms with Crippen molar-refractivity contribution in [3.8, 4) is 0 Å². The predicted molar refractivity (Wildman–Crippen MR) is 81.8 cm³/mol. The molecule has 19 heavy (non-hydrogen) atoms. The Morgan fingerprint density at radius 2 is 2.16 bits per heavy atom. The Bertz CT molecular complexity index is 599. The molecule has 6 heteroatoms. The molecule has 0 spiro atoms. The van der Waals surface area contributed by atoms with Crippen molar-refractivity contribution in [1.82, 2.24) is 14.8 Å². The van der Waals surface area contributed by atoms with E-state index in [9.17, 15) is 0 Å². The van der Waals surface area contributed by atoms with Crippen LogP contribution in [0.5, 0.6) is 0 Å². The summed E-state index contributed by atoms with van der Waals surface area (Å²) < 4.78 is 3.60. The van der Waals surface area contributed by atoms with E-state index in [0.29, 0.717) is 12.0 Å². The topological polar surface area (TPSA) is 30.7 Å². The Labute approximate surface area is 128 Å². The van der Waals surface area contributed by atoms with Crippen LogP contribution in [0.3, 0.4) is 0 Å². The van der Waals surface area contributed by atoms with Gasteiger partial charge in [-0.25, -0.2) is 0 Å². The first-order valence-corrected chi connectivity index (χ1v) is 9.27. The standard InChI is InChI=1S/C13H14BrN3S2/c14-9-5-11(18-6-9)7-19-13-16-15-12(8-1-2-8)17(13)10-3-4-10/h5-6,8,10H,1-4,7H2. The van der Waals surface area contributed by atoms with Crippen LogP contribution in [0, 0.1) is 0 Å². The van der Waals surface area contributed by atoms with Gasteiger partial charge in [-0.1, -0.05) is 11.8 Å². The van der Waals surface area contributed by atoms with Gasteiger partial charge in [-0.2, -0.15) is 0 Å². The quantitative estimate of drug-likeness (QED) is 0.733. The summed E-state index contributed by atoms with van der Waals surface area (Å²) in [5.41, 5.74) is 0. The molecule has 2 aliphatic carbocycles. The van der Waals surface area contributed by atoms with Gasteiger partial charge >= 0.3 is 0 Å². The summed E-state index contributed by atoms with van der Waals surface area (Å²) >= 11 is 7.13. The van der Waals surface area contributed by atoms with E-state index in [1.165, 1.54) is 40.9 Å². The van der Waals surface area contributed by atoms with E-state index < -0.39 is 0 Å². The maximum absolute atomic E-state index is 4.44. The zero-order chi connectivity index (χ0) is 12.8. The number of halogens is 1. The third-order valence-corrected chi connectivity index (χ3v) is 6.38. The third-order valence-electron chi connectivity index (χ3n) is 3.51. The van der Waals surface area contributed by atoms with E-state index >= 15 is 0 Å². The van der Waals surface area contributed by atoms with Crippen molar-refractivity contribution in [2.24, 2.45) is 0 Å². The van der Waals surface area contributed by atoms with E-state index in [2.05, 4.69) is 42.1 Å². The Morgan fingerprint density at radius 3 is 2.79 bits per heavy atom. The number of rotatable bonds is 5. The van der Waals surface area contributed by atoms with Crippen LogP contribution in [-0.4, -0.2) is 14.8 Å². The van der Waals surface area contributed by atoms with Crippen LogP contribution in [0.25, 0.3) is 0 Å². The number of hydrogen-bond donors (Lipinski definition) is 0. The summed E-state index contributed by atoms with van der Waals surface area (Å²) in [5, 5.41) is 12.1. The molecule has 3 nitrogen and oxygen atoms in total. The van der Waals surface area contributed by atoms with Gasteiger partial charge in [0.1, 0.15) is 5.82 Å². The summed E-state index contributed by atoms with van der Waals surface area (Å²) in [6.45, 7) is 0. The van der Waals surface area contributed by atoms with Crippen LogP contribution in [0.4, 0.5) is 0 Å². The van der Waals surface area contributed by atoms with E-state index in [1.54, 1.807) is 11.3 Å². The predicted octanol–water partition coefficient (Wildman–Crippen LogP) is 4.61. The summed E-state index contributed by atoms with van der Waals surface area (Å²) in [6, 6.07) is 2.88. The maximum atomic E-state index is 4.44. The number of aromatic nitrogens is 3. The van der Waals surface area contributed by atoms with Gasteiger partial charge < -0.3 is 4.57 Å². The molecular weight excluding hydrogens is 342 g/mol. The highest BCUT2D eigenvalue weighted by atomic mass is 79.9. The summed E-state index contributed by atoms with van der Waals surface area (Å²) in [5.74, 6) is 2.93. The van der Waals surface area contributed by atoms with Gasteiger partial charge in [0.05, 0.1) is 0 Å². The van der Waals surface area contributed by atoms with Crippen molar-refractivity contribution in [2.45, 2.75) is 48.6 Å². The monoisotopic (exact) mass is 355 g/mol. The van der Waals surface area contributed by atoms with Crippen molar-refractivity contribution in [3.63, 3.8) is 0 Å². The molecule has 0 aromatic carbocycles. The summed E-state index contributed by atoms with van der Waals surface area (Å²) in [7, 11) is 0. The zero-order valence-electron chi connectivity index (χ0n) is 10.4. The van der Waals surface area contributed by atoms with Gasteiger partial charge in [-0.15, -0.1) is 21.5 Å². The second-order valence-electron chi connectivity index (χ2n) is 5.24. The molecule has 4 rings (SSSR count). The van der Waals surface area contributed by atoms with Crippen LogP contribution in [0.15, 0.2) is 21.1 Å². The fourth-order valence-corrected chi connectivity index (χ4v) is 4.77. The Hall–Kier alpha value is -0.330. The molecule has 0 saturated heterocycles. The molecule has 0 N–H and O–H groups in total. The van der Waals surface area contributed by atoms with E-state index in [-0.39, 0.29) is 0 Å². The second-order valence-corrected chi connectivity index (χ2v) is 8.09. The number of hydrogen-bond acceptors (Lipinski definition) is 4. The highest BCUT2D eigenvalue weighted by molar-refractivity contribution is 9.10. The molecule has 2 aliphatic rings. The van der Waals surface area contributed by atoms with Crippen molar-refractivity contribution in [3.05, 3.63) is 26.6 Å². The average Bonchev–Trinajstić information content (AvgIpc) is 3.33. The molecule has 0 amide bonds. The molecule has 0 aliphatic heterocycles. The highest BCUT2D eigenvalue weighted by Gasteiger charge is 2.36. The first kappa shape index (κ1) is 12.4. The molecule has 100 valence electrons. The SMILES string of the molecule is Brc1csc(CSc2nnc(C3CC3)n2C2CC2)c1. The molecule has 2 fully saturated rings. The fraction of sp³-hybridized carbons (Fsp3) is 0.538.